The second-order valence-corrected chi connectivity index (χ2v) is 6.18. The van der Waals surface area contributed by atoms with Crippen LogP contribution in [0.4, 0.5) is 0 Å². The second-order valence-electron chi connectivity index (χ2n) is 3.70. The van der Waals surface area contributed by atoms with Crippen LogP contribution in [0.15, 0.2) is 28.2 Å². The van der Waals surface area contributed by atoms with Crippen molar-refractivity contribution < 1.29 is 10.0 Å². The van der Waals surface area contributed by atoms with E-state index < -0.39 is 5.91 Å². The van der Waals surface area contributed by atoms with E-state index in [1.807, 2.05) is 19.1 Å². The van der Waals surface area contributed by atoms with E-state index in [0.29, 0.717) is 12.2 Å². The van der Waals surface area contributed by atoms with Gasteiger partial charge in [-0.1, -0.05) is 0 Å². The number of nitrogens with two attached hydrogens (primary N) is 2. The van der Waals surface area contributed by atoms with E-state index in [1.165, 1.54) is 28.5 Å². The molecule has 0 radical (unpaired) electrons. The van der Waals surface area contributed by atoms with E-state index >= 15 is 0 Å². The van der Waals surface area contributed by atoms with Crippen molar-refractivity contribution in [2.45, 2.75) is 11.1 Å². The van der Waals surface area contributed by atoms with Gasteiger partial charge in [-0.2, -0.15) is 0 Å². The van der Waals surface area contributed by atoms with Crippen LogP contribution < -0.4 is 21.8 Å². The number of hydroxylamine groups is 1. The summed E-state index contributed by atoms with van der Waals surface area (Å²) in [5.74, 6) is 4.90. The lowest BCUT2D eigenvalue weighted by atomic mass is 10.5. The molecule has 106 valence electrons. The monoisotopic (exact) mass is 303 g/mol. The SMILES string of the molecule is Cc1ccc(SNC/C(N)=C/N(N)CC(=O)NO)s1. The van der Waals surface area contributed by atoms with E-state index in [9.17, 15) is 4.79 Å². The predicted molar refractivity (Wildman–Crippen MR) is 76.0 cm³/mol. The molecular weight excluding hydrogens is 286 g/mol. The van der Waals surface area contributed by atoms with E-state index in [-0.39, 0.29) is 6.54 Å². The van der Waals surface area contributed by atoms with Gasteiger partial charge in [-0.25, -0.2) is 11.3 Å². The fraction of sp³-hybridized carbons (Fsp3) is 0.300. The molecule has 1 rings (SSSR count). The topological polar surface area (TPSA) is 117 Å². The first-order valence-electron chi connectivity index (χ1n) is 5.38. The summed E-state index contributed by atoms with van der Waals surface area (Å²) in [5, 5.41) is 9.44. The number of nitrogens with one attached hydrogen (secondary N) is 2. The molecule has 0 bridgehead atoms. The van der Waals surface area contributed by atoms with Gasteiger partial charge in [0.05, 0.1) is 4.21 Å². The third kappa shape index (κ3) is 6.45. The summed E-state index contributed by atoms with van der Waals surface area (Å²) in [6, 6.07) is 4.07. The quantitative estimate of drug-likeness (QED) is 0.210. The van der Waals surface area contributed by atoms with Gasteiger partial charge in [0.1, 0.15) is 6.54 Å². The zero-order chi connectivity index (χ0) is 14.3. The average molecular weight is 303 g/mol. The molecule has 0 aliphatic heterocycles. The van der Waals surface area contributed by atoms with Crippen LogP contribution in [0.2, 0.25) is 0 Å². The Balaban J connectivity index is 2.29. The number of amides is 1. The molecule has 7 N–H and O–H groups in total. The molecule has 0 aliphatic carbocycles. The minimum atomic E-state index is -0.608. The number of carbonyl (C=O) groups excluding carboxylic acids is 1. The van der Waals surface area contributed by atoms with Gasteiger partial charge in [-0.05, 0) is 31.0 Å². The van der Waals surface area contributed by atoms with Gasteiger partial charge in [0.25, 0.3) is 5.91 Å². The van der Waals surface area contributed by atoms with Crippen LogP contribution in [0.5, 0.6) is 0 Å². The molecule has 0 aromatic carbocycles. The smallest absolute Gasteiger partial charge is 0.264 e. The first-order valence-corrected chi connectivity index (χ1v) is 7.01. The van der Waals surface area contributed by atoms with Crippen molar-refractivity contribution in [3.63, 3.8) is 0 Å². The number of hydrogen-bond donors (Lipinski definition) is 5. The molecule has 0 fully saturated rings. The Kier molecular flexibility index (Phi) is 6.67. The number of thiophene rings is 1. The summed E-state index contributed by atoms with van der Waals surface area (Å²) in [7, 11) is 0. The van der Waals surface area contributed by atoms with Crippen molar-refractivity contribution in [2.24, 2.45) is 11.6 Å². The number of nitrogens with zero attached hydrogens (tertiary/aromatic N) is 1. The normalized spacial score (nSPS) is 11.4. The van der Waals surface area contributed by atoms with Crippen LogP contribution in [0.3, 0.4) is 0 Å². The summed E-state index contributed by atoms with van der Waals surface area (Å²) in [5.41, 5.74) is 7.70. The number of hydrazine groups is 1. The Bertz CT molecular complexity index is 449. The van der Waals surface area contributed by atoms with Crippen LogP contribution in [-0.2, 0) is 4.79 Å². The average Bonchev–Trinajstić information content (AvgIpc) is 2.74. The molecule has 0 unspecified atom stereocenters. The summed E-state index contributed by atoms with van der Waals surface area (Å²) < 4.78 is 4.24. The van der Waals surface area contributed by atoms with Crippen molar-refractivity contribution in [3.8, 4) is 0 Å². The molecule has 0 atom stereocenters. The first-order chi connectivity index (χ1) is 9.01. The number of hydrogen-bond acceptors (Lipinski definition) is 8. The Hall–Kier alpha value is -1.26. The minimum Gasteiger partial charge on any atom is -0.400 e. The van der Waals surface area contributed by atoms with Gasteiger partial charge < -0.3 is 10.7 Å². The number of aryl methyl sites for hydroxylation is 1. The molecule has 1 amide bonds. The maximum absolute atomic E-state index is 10.8. The van der Waals surface area contributed by atoms with Gasteiger partial charge in [-0.3, -0.25) is 14.7 Å². The molecule has 1 aromatic heterocycles. The van der Waals surface area contributed by atoms with Gasteiger partial charge in [0.15, 0.2) is 0 Å². The van der Waals surface area contributed by atoms with E-state index in [2.05, 4.69) is 4.72 Å². The van der Waals surface area contributed by atoms with Crippen LogP contribution in [0.1, 0.15) is 4.88 Å². The zero-order valence-electron chi connectivity index (χ0n) is 10.4. The molecule has 9 heteroatoms. The molecule has 1 heterocycles. The zero-order valence-corrected chi connectivity index (χ0v) is 12.1. The lowest BCUT2D eigenvalue weighted by Crippen LogP contribution is -2.37. The largest absolute Gasteiger partial charge is 0.400 e. The van der Waals surface area contributed by atoms with Crippen molar-refractivity contribution in [1.29, 1.82) is 0 Å². The molecule has 1 aromatic rings. The van der Waals surface area contributed by atoms with Gasteiger partial charge in [0, 0.05) is 23.3 Å². The summed E-state index contributed by atoms with van der Waals surface area (Å²) in [6.07, 6.45) is 1.43. The van der Waals surface area contributed by atoms with Gasteiger partial charge in [0.2, 0.25) is 0 Å². The maximum Gasteiger partial charge on any atom is 0.264 e. The highest BCUT2D eigenvalue weighted by atomic mass is 32.2. The van der Waals surface area contributed by atoms with Crippen molar-refractivity contribution in [2.75, 3.05) is 13.1 Å². The fourth-order valence-electron chi connectivity index (χ4n) is 1.16. The van der Waals surface area contributed by atoms with Crippen molar-refractivity contribution in [3.05, 3.63) is 28.9 Å². The first kappa shape index (κ1) is 15.8. The molecular formula is C10H17N5O2S2. The molecule has 19 heavy (non-hydrogen) atoms. The highest BCUT2D eigenvalue weighted by Gasteiger charge is 2.03. The van der Waals surface area contributed by atoms with Crippen LogP contribution in [-0.4, -0.2) is 29.2 Å². The van der Waals surface area contributed by atoms with E-state index in [4.69, 9.17) is 16.8 Å². The minimum absolute atomic E-state index is 0.172. The molecule has 0 saturated carbocycles. The predicted octanol–water partition coefficient (Wildman–Crippen LogP) is 0.134. The maximum atomic E-state index is 10.8. The third-order valence-electron chi connectivity index (χ3n) is 1.95. The Labute approximate surface area is 119 Å². The molecule has 7 nitrogen and oxygen atoms in total. The third-order valence-corrected chi connectivity index (χ3v) is 3.87. The lowest BCUT2D eigenvalue weighted by Gasteiger charge is -2.13. The Morgan fingerprint density at radius 1 is 1.63 bits per heavy atom. The Morgan fingerprint density at radius 3 is 2.95 bits per heavy atom. The summed E-state index contributed by atoms with van der Waals surface area (Å²) in [4.78, 5) is 12.1. The molecule has 0 aliphatic rings. The molecule has 0 spiro atoms. The van der Waals surface area contributed by atoms with Crippen molar-refractivity contribution >= 4 is 29.2 Å². The van der Waals surface area contributed by atoms with Crippen molar-refractivity contribution in [1.82, 2.24) is 15.2 Å². The van der Waals surface area contributed by atoms with Crippen LogP contribution >= 0.6 is 23.3 Å². The van der Waals surface area contributed by atoms with Gasteiger partial charge >= 0.3 is 0 Å². The van der Waals surface area contributed by atoms with Gasteiger partial charge in [-0.15, -0.1) is 11.3 Å². The highest BCUT2D eigenvalue weighted by molar-refractivity contribution is 7.99. The lowest BCUT2D eigenvalue weighted by molar-refractivity contribution is -0.129. The Morgan fingerprint density at radius 2 is 2.37 bits per heavy atom. The van der Waals surface area contributed by atoms with Crippen LogP contribution in [0.25, 0.3) is 0 Å². The standard InChI is InChI=1S/C10H17N5O2S2/c1-7-2-3-10(18-7)19-13-4-8(11)5-15(12)6-9(16)14-17/h2-3,5,13,17H,4,6,11-12H2,1H3,(H,14,16)/b8-5-. The molecule has 0 saturated heterocycles. The van der Waals surface area contributed by atoms with Crippen LogP contribution in [0, 0.1) is 6.92 Å². The second kappa shape index (κ2) is 8.02. The van der Waals surface area contributed by atoms with E-state index in [0.717, 1.165) is 9.22 Å². The fourth-order valence-corrected chi connectivity index (χ4v) is 3.01. The summed E-state index contributed by atoms with van der Waals surface area (Å²) in [6.45, 7) is 2.30. The highest BCUT2D eigenvalue weighted by Crippen LogP contribution is 2.24. The number of rotatable bonds is 7. The number of carbonyl (C=O) groups is 1. The summed E-state index contributed by atoms with van der Waals surface area (Å²) >= 11 is 3.17. The van der Waals surface area contributed by atoms with E-state index in [1.54, 1.807) is 11.3 Å².